The Labute approximate surface area is 111 Å². The Morgan fingerprint density at radius 2 is 1.94 bits per heavy atom. The van der Waals surface area contributed by atoms with Gasteiger partial charge in [0.05, 0.1) is 0 Å². The van der Waals surface area contributed by atoms with Crippen LogP contribution < -0.4 is 4.90 Å². The van der Waals surface area contributed by atoms with Crippen molar-refractivity contribution in [1.29, 1.82) is 0 Å². The lowest BCUT2D eigenvalue weighted by Crippen LogP contribution is -2.07. The van der Waals surface area contributed by atoms with Crippen molar-refractivity contribution in [2.24, 2.45) is 0 Å². The van der Waals surface area contributed by atoms with Crippen molar-refractivity contribution in [2.75, 3.05) is 30.5 Å². The molecule has 0 saturated carbocycles. The molecule has 3 nitrogen and oxygen atoms in total. The van der Waals surface area contributed by atoms with Gasteiger partial charge in [-0.25, -0.2) is 0 Å². The molecule has 0 unspecified atom stereocenters. The van der Waals surface area contributed by atoms with Crippen LogP contribution in [0.4, 0.5) is 5.13 Å². The Hall–Kier alpha value is 0.0600. The van der Waals surface area contributed by atoms with Crippen molar-refractivity contribution in [2.45, 2.75) is 30.0 Å². The van der Waals surface area contributed by atoms with Crippen LogP contribution in [0.5, 0.6) is 0 Å². The fourth-order valence-corrected chi connectivity index (χ4v) is 3.23. The summed E-state index contributed by atoms with van der Waals surface area (Å²) in [5, 5.41) is 9.24. The Morgan fingerprint density at radius 3 is 2.56 bits per heavy atom. The second-order valence-corrected chi connectivity index (χ2v) is 6.48. The van der Waals surface area contributed by atoms with Crippen LogP contribution in [0.2, 0.25) is 0 Å². The van der Waals surface area contributed by atoms with Gasteiger partial charge >= 0.3 is 0 Å². The maximum atomic E-state index is 4.20. The van der Waals surface area contributed by atoms with E-state index in [1.807, 2.05) is 30.8 Å². The number of unbranched alkanes of at least 4 members (excludes halogenated alkanes) is 3. The molecule has 1 aromatic rings. The predicted molar refractivity (Wildman–Crippen MR) is 77.3 cm³/mol. The van der Waals surface area contributed by atoms with Gasteiger partial charge in [-0.2, -0.15) is 12.6 Å². The molecule has 0 fully saturated rings. The van der Waals surface area contributed by atoms with Gasteiger partial charge in [-0.3, -0.25) is 0 Å². The summed E-state index contributed by atoms with van der Waals surface area (Å²) in [5.74, 6) is 2.16. The summed E-state index contributed by atoms with van der Waals surface area (Å²) >= 11 is 7.68. The Morgan fingerprint density at radius 1 is 1.19 bits per heavy atom. The molecule has 0 atom stereocenters. The number of aromatic nitrogens is 2. The van der Waals surface area contributed by atoms with Crippen molar-refractivity contribution in [1.82, 2.24) is 10.2 Å². The molecular weight excluding hydrogens is 258 g/mol. The van der Waals surface area contributed by atoms with Crippen molar-refractivity contribution >= 4 is 40.9 Å². The third kappa shape index (κ3) is 5.41. The summed E-state index contributed by atoms with van der Waals surface area (Å²) in [6.07, 6.45) is 5.09. The van der Waals surface area contributed by atoms with E-state index in [0.717, 1.165) is 21.0 Å². The lowest BCUT2D eigenvalue weighted by Gasteiger charge is -2.03. The summed E-state index contributed by atoms with van der Waals surface area (Å²) in [6, 6.07) is 0. The van der Waals surface area contributed by atoms with Crippen molar-refractivity contribution in [3.63, 3.8) is 0 Å². The molecule has 0 radical (unpaired) electrons. The zero-order chi connectivity index (χ0) is 11.8. The van der Waals surface area contributed by atoms with Gasteiger partial charge in [0.15, 0.2) is 4.34 Å². The van der Waals surface area contributed by atoms with E-state index in [1.54, 1.807) is 11.3 Å². The molecule has 0 bridgehead atoms. The normalized spacial score (nSPS) is 10.7. The minimum atomic E-state index is 0.984. The first-order valence-corrected chi connectivity index (χ1v) is 7.92. The van der Waals surface area contributed by atoms with E-state index < -0.39 is 0 Å². The number of thioether (sulfide) groups is 1. The highest BCUT2D eigenvalue weighted by Gasteiger charge is 2.05. The van der Waals surface area contributed by atoms with E-state index in [-0.39, 0.29) is 0 Å². The van der Waals surface area contributed by atoms with E-state index in [2.05, 4.69) is 22.8 Å². The van der Waals surface area contributed by atoms with Gasteiger partial charge in [0.2, 0.25) is 5.13 Å². The van der Waals surface area contributed by atoms with Gasteiger partial charge in [-0.1, -0.05) is 35.9 Å². The molecule has 0 aromatic carbocycles. The first-order valence-electron chi connectivity index (χ1n) is 5.48. The van der Waals surface area contributed by atoms with Crippen LogP contribution in [0.3, 0.4) is 0 Å². The van der Waals surface area contributed by atoms with Crippen LogP contribution in [0.15, 0.2) is 4.34 Å². The zero-order valence-electron chi connectivity index (χ0n) is 9.85. The molecule has 0 aliphatic carbocycles. The maximum Gasteiger partial charge on any atom is 0.208 e. The van der Waals surface area contributed by atoms with Gasteiger partial charge in [0.25, 0.3) is 0 Å². The van der Waals surface area contributed by atoms with Gasteiger partial charge < -0.3 is 4.90 Å². The van der Waals surface area contributed by atoms with Crippen LogP contribution in [0.1, 0.15) is 25.7 Å². The summed E-state index contributed by atoms with van der Waals surface area (Å²) in [6.45, 7) is 0. The fraction of sp³-hybridized carbons (Fsp3) is 0.800. The number of thiol groups is 1. The lowest BCUT2D eigenvalue weighted by atomic mass is 10.2. The molecule has 16 heavy (non-hydrogen) atoms. The van der Waals surface area contributed by atoms with Crippen LogP contribution in [0.25, 0.3) is 0 Å². The van der Waals surface area contributed by atoms with E-state index >= 15 is 0 Å². The molecule has 0 aliphatic rings. The van der Waals surface area contributed by atoms with Crippen LogP contribution in [-0.2, 0) is 0 Å². The molecule has 1 aromatic heterocycles. The Kier molecular flexibility index (Phi) is 7.23. The SMILES string of the molecule is CN(C)c1nnc(SCCCCCCS)s1. The minimum Gasteiger partial charge on any atom is -0.353 e. The van der Waals surface area contributed by atoms with Crippen LogP contribution >= 0.6 is 35.7 Å². The number of hydrogen-bond donors (Lipinski definition) is 1. The molecule has 92 valence electrons. The monoisotopic (exact) mass is 277 g/mol. The number of rotatable bonds is 8. The van der Waals surface area contributed by atoms with E-state index in [1.165, 1.54) is 25.7 Å². The van der Waals surface area contributed by atoms with Gasteiger partial charge in [-0.15, -0.1) is 10.2 Å². The van der Waals surface area contributed by atoms with Crippen molar-refractivity contribution in [3.8, 4) is 0 Å². The molecule has 0 saturated heterocycles. The van der Waals surface area contributed by atoms with Crippen molar-refractivity contribution in [3.05, 3.63) is 0 Å². The number of anilines is 1. The third-order valence-electron chi connectivity index (χ3n) is 2.06. The van der Waals surface area contributed by atoms with Crippen molar-refractivity contribution < 1.29 is 0 Å². The summed E-state index contributed by atoms with van der Waals surface area (Å²) in [5.41, 5.74) is 0. The zero-order valence-corrected chi connectivity index (χ0v) is 12.4. The second-order valence-electron chi connectivity index (χ2n) is 3.73. The molecule has 1 heterocycles. The third-order valence-corrected chi connectivity index (χ3v) is 4.68. The molecular formula is C10H19N3S3. The van der Waals surface area contributed by atoms with Crippen LogP contribution in [0, 0.1) is 0 Å². The highest BCUT2D eigenvalue weighted by Crippen LogP contribution is 2.27. The largest absolute Gasteiger partial charge is 0.353 e. The quantitative estimate of drug-likeness (QED) is 0.449. The Balaban J connectivity index is 2.12. The second kappa shape index (κ2) is 8.20. The summed E-state index contributed by atoms with van der Waals surface area (Å²) < 4.78 is 1.08. The molecule has 0 amide bonds. The first kappa shape index (κ1) is 14.1. The van der Waals surface area contributed by atoms with Gasteiger partial charge in [0.1, 0.15) is 0 Å². The average Bonchev–Trinajstić information content (AvgIpc) is 2.72. The van der Waals surface area contributed by atoms with Gasteiger partial charge in [0, 0.05) is 19.8 Å². The average molecular weight is 277 g/mol. The standard InChI is InChI=1S/C10H19N3S3/c1-13(2)9-11-12-10(16-9)15-8-6-4-3-5-7-14/h14H,3-8H2,1-2H3. The number of hydrogen-bond acceptors (Lipinski definition) is 6. The summed E-state index contributed by atoms with van der Waals surface area (Å²) in [4.78, 5) is 1.99. The highest BCUT2D eigenvalue weighted by molar-refractivity contribution is 8.01. The predicted octanol–water partition coefficient (Wildman–Crippen LogP) is 3.19. The van der Waals surface area contributed by atoms with E-state index in [9.17, 15) is 0 Å². The molecule has 0 spiro atoms. The lowest BCUT2D eigenvalue weighted by molar-refractivity contribution is 0.712. The molecule has 0 aliphatic heterocycles. The van der Waals surface area contributed by atoms with E-state index in [4.69, 9.17) is 0 Å². The Bertz CT molecular complexity index is 289. The smallest absolute Gasteiger partial charge is 0.208 e. The van der Waals surface area contributed by atoms with E-state index in [0.29, 0.717) is 0 Å². The topological polar surface area (TPSA) is 29.0 Å². The molecule has 0 N–H and O–H groups in total. The molecule has 6 heteroatoms. The maximum absolute atomic E-state index is 4.20. The van der Waals surface area contributed by atoms with Gasteiger partial charge in [-0.05, 0) is 18.6 Å². The fourth-order valence-electron chi connectivity index (χ4n) is 1.17. The van der Waals surface area contributed by atoms with Crippen LogP contribution in [-0.4, -0.2) is 35.8 Å². The first-order chi connectivity index (χ1) is 7.74. The highest BCUT2D eigenvalue weighted by atomic mass is 32.2. The number of nitrogens with zero attached hydrogens (tertiary/aromatic N) is 3. The molecule has 1 rings (SSSR count). The minimum absolute atomic E-state index is 0.984. The summed E-state index contributed by atoms with van der Waals surface area (Å²) in [7, 11) is 3.98.